The Hall–Kier alpha value is -3.14. The minimum absolute atomic E-state index is 0.189. The topological polar surface area (TPSA) is 37.7 Å². The largest absolute Gasteiger partial charge is 0.464 e. The summed E-state index contributed by atoms with van der Waals surface area (Å²) in [5.41, 5.74) is 5.76. The molecule has 0 spiro atoms. The van der Waals surface area contributed by atoms with Gasteiger partial charge >= 0.3 is 0 Å². The highest BCUT2D eigenvalue weighted by atomic mass is 16.5. The van der Waals surface area contributed by atoms with Crippen LogP contribution in [0.15, 0.2) is 78.2 Å². The van der Waals surface area contributed by atoms with Crippen LogP contribution < -0.4 is 4.74 Å². The van der Waals surface area contributed by atoms with E-state index in [4.69, 9.17) is 9.84 Å². The fourth-order valence-corrected chi connectivity index (χ4v) is 3.70. The number of hydrogen-bond donors (Lipinski definition) is 0. The smallest absolute Gasteiger partial charge is 0.213 e. The third kappa shape index (κ3) is 2.46. The molecule has 4 nitrogen and oxygen atoms in total. The molecule has 26 heavy (non-hydrogen) atoms. The molecule has 0 bridgehead atoms. The van der Waals surface area contributed by atoms with Gasteiger partial charge in [-0.2, -0.15) is 5.10 Å². The first-order valence-corrected chi connectivity index (χ1v) is 8.88. The maximum atomic E-state index is 6.36. The van der Waals surface area contributed by atoms with Crippen LogP contribution in [0.25, 0.3) is 0 Å². The van der Waals surface area contributed by atoms with Crippen LogP contribution >= 0.6 is 0 Å². The van der Waals surface area contributed by atoms with Gasteiger partial charge in [0.1, 0.15) is 5.75 Å². The van der Waals surface area contributed by atoms with Crippen LogP contribution in [-0.2, 0) is 0 Å². The van der Waals surface area contributed by atoms with Crippen LogP contribution in [0, 0.1) is 6.92 Å². The van der Waals surface area contributed by atoms with Gasteiger partial charge in [-0.15, -0.1) is 0 Å². The molecule has 4 heteroatoms. The standard InChI is InChI=1S/C22H19N3O/c1-15-6-8-17(9-7-15)22-25-20(18-4-2-3-5-21(18)26-22)14-19(24-25)16-10-12-23-13-11-16/h2-13,20,22H,14H2,1H3/t20-,22+/m1/s1. The van der Waals surface area contributed by atoms with Gasteiger partial charge < -0.3 is 4.74 Å². The molecular formula is C22H19N3O. The third-order valence-corrected chi connectivity index (χ3v) is 5.08. The van der Waals surface area contributed by atoms with Crippen molar-refractivity contribution in [3.05, 3.63) is 95.3 Å². The van der Waals surface area contributed by atoms with Gasteiger partial charge in [-0.3, -0.25) is 4.98 Å². The maximum absolute atomic E-state index is 6.36. The van der Waals surface area contributed by atoms with Crippen molar-refractivity contribution >= 4 is 5.71 Å². The van der Waals surface area contributed by atoms with Crippen molar-refractivity contribution in [1.82, 2.24) is 9.99 Å². The lowest BCUT2D eigenvalue weighted by atomic mass is 9.96. The van der Waals surface area contributed by atoms with E-state index in [1.165, 1.54) is 11.1 Å². The highest BCUT2D eigenvalue weighted by molar-refractivity contribution is 6.01. The summed E-state index contributed by atoms with van der Waals surface area (Å²) in [6.07, 6.45) is 4.29. The molecule has 2 atom stereocenters. The molecule has 0 fully saturated rings. The molecule has 128 valence electrons. The number of fused-ring (bicyclic) bond motifs is 3. The zero-order valence-electron chi connectivity index (χ0n) is 14.5. The van der Waals surface area contributed by atoms with E-state index in [9.17, 15) is 0 Å². The number of benzene rings is 2. The van der Waals surface area contributed by atoms with Gasteiger partial charge in [-0.1, -0.05) is 48.0 Å². The second-order valence-corrected chi connectivity index (χ2v) is 6.80. The molecule has 0 unspecified atom stereocenters. The number of pyridine rings is 1. The monoisotopic (exact) mass is 341 g/mol. The van der Waals surface area contributed by atoms with E-state index in [-0.39, 0.29) is 12.3 Å². The summed E-state index contributed by atoms with van der Waals surface area (Å²) in [7, 11) is 0. The van der Waals surface area contributed by atoms with E-state index in [1.54, 1.807) is 0 Å². The summed E-state index contributed by atoms with van der Waals surface area (Å²) in [6, 6.07) is 21.0. The highest BCUT2D eigenvalue weighted by Gasteiger charge is 2.40. The first-order chi connectivity index (χ1) is 12.8. The minimum atomic E-state index is -0.213. The Bertz CT molecular complexity index is 966. The molecule has 1 aromatic heterocycles. The zero-order chi connectivity index (χ0) is 17.5. The van der Waals surface area contributed by atoms with Crippen molar-refractivity contribution in [2.45, 2.75) is 25.6 Å². The summed E-state index contributed by atoms with van der Waals surface area (Å²) in [6.45, 7) is 2.10. The van der Waals surface area contributed by atoms with Crippen LogP contribution in [0.5, 0.6) is 5.75 Å². The number of aromatic nitrogens is 1. The van der Waals surface area contributed by atoms with E-state index in [2.05, 4.69) is 59.4 Å². The summed E-state index contributed by atoms with van der Waals surface area (Å²) in [5.74, 6) is 0.950. The molecule has 2 aromatic carbocycles. The minimum Gasteiger partial charge on any atom is -0.464 e. The quantitative estimate of drug-likeness (QED) is 0.682. The maximum Gasteiger partial charge on any atom is 0.213 e. The first-order valence-electron chi connectivity index (χ1n) is 8.88. The number of aryl methyl sites for hydroxylation is 1. The van der Waals surface area contributed by atoms with Gasteiger partial charge in [0.25, 0.3) is 0 Å². The third-order valence-electron chi connectivity index (χ3n) is 5.08. The summed E-state index contributed by atoms with van der Waals surface area (Å²) in [4.78, 5) is 4.12. The first kappa shape index (κ1) is 15.1. The van der Waals surface area contributed by atoms with Crippen LogP contribution in [0.3, 0.4) is 0 Å². The normalized spacial score (nSPS) is 20.8. The van der Waals surface area contributed by atoms with E-state index in [0.29, 0.717) is 0 Å². The van der Waals surface area contributed by atoms with Crippen molar-refractivity contribution < 1.29 is 4.74 Å². The number of hydrogen-bond acceptors (Lipinski definition) is 4. The Kier molecular flexibility index (Phi) is 3.49. The molecule has 2 aliphatic rings. The second kappa shape index (κ2) is 5.99. The van der Waals surface area contributed by atoms with Gasteiger partial charge in [0.05, 0.1) is 11.8 Å². The molecular weight excluding hydrogens is 322 g/mol. The van der Waals surface area contributed by atoms with Gasteiger partial charge in [-0.25, -0.2) is 5.01 Å². The lowest BCUT2D eigenvalue weighted by Crippen LogP contribution is -2.33. The average Bonchev–Trinajstić information content (AvgIpc) is 3.14. The van der Waals surface area contributed by atoms with Crippen molar-refractivity contribution in [3.8, 4) is 5.75 Å². The molecule has 5 rings (SSSR count). The number of rotatable bonds is 2. The second-order valence-electron chi connectivity index (χ2n) is 6.80. The van der Waals surface area contributed by atoms with Crippen molar-refractivity contribution in [3.63, 3.8) is 0 Å². The molecule has 0 aliphatic carbocycles. The lowest BCUT2D eigenvalue weighted by Gasteiger charge is -2.38. The van der Waals surface area contributed by atoms with Crippen LogP contribution in [0.2, 0.25) is 0 Å². The Balaban J connectivity index is 1.60. The lowest BCUT2D eigenvalue weighted by molar-refractivity contribution is -0.0190. The molecule has 0 saturated heterocycles. The Morgan fingerprint density at radius 2 is 1.73 bits per heavy atom. The van der Waals surface area contributed by atoms with Gasteiger partial charge in [0.2, 0.25) is 6.23 Å². The van der Waals surface area contributed by atoms with Gasteiger partial charge in [0.15, 0.2) is 0 Å². The SMILES string of the molecule is Cc1ccc([C@@H]2Oc3ccccc3[C@H]3CC(c4ccncc4)=NN32)cc1. The van der Waals surface area contributed by atoms with Gasteiger partial charge in [-0.05, 0) is 25.1 Å². The summed E-state index contributed by atoms with van der Waals surface area (Å²) >= 11 is 0. The zero-order valence-corrected chi connectivity index (χ0v) is 14.5. The summed E-state index contributed by atoms with van der Waals surface area (Å²) < 4.78 is 6.36. The van der Waals surface area contributed by atoms with Crippen molar-refractivity contribution in [2.75, 3.05) is 0 Å². The van der Waals surface area contributed by atoms with E-state index in [1.807, 2.05) is 30.6 Å². The summed E-state index contributed by atoms with van der Waals surface area (Å²) in [5, 5.41) is 7.07. The number of hydrazone groups is 1. The van der Waals surface area contributed by atoms with E-state index < -0.39 is 0 Å². The van der Waals surface area contributed by atoms with E-state index >= 15 is 0 Å². The molecule has 0 radical (unpaired) electrons. The van der Waals surface area contributed by atoms with Crippen LogP contribution in [-0.4, -0.2) is 15.7 Å². The average molecular weight is 341 g/mol. The molecule has 0 saturated carbocycles. The Labute approximate surface area is 152 Å². The van der Waals surface area contributed by atoms with Crippen LogP contribution in [0.1, 0.15) is 40.9 Å². The molecule has 2 aliphatic heterocycles. The predicted molar refractivity (Wildman–Crippen MR) is 101 cm³/mol. The highest BCUT2D eigenvalue weighted by Crippen LogP contribution is 2.47. The number of nitrogens with zero attached hydrogens (tertiary/aromatic N) is 3. The molecule has 3 heterocycles. The number of para-hydroxylation sites is 1. The van der Waals surface area contributed by atoms with Crippen LogP contribution in [0.4, 0.5) is 0 Å². The molecule has 0 amide bonds. The predicted octanol–water partition coefficient (Wildman–Crippen LogP) is 4.63. The van der Waals surface area contributed by atoms with E-state index in [0.717, 1.165) is 29.0 Å². The Morgan fingerprint density at radius 3 is 2.54 bits per heavy atom. The fourth-order valence-electron chi connectivity index (χ4n) is 3.70. The Morgan fingerprint density at radius 1 is 0.962 bits per heavy atom. The number of ether oxygens (including phenoxy) is 1. The van der Waals surface area contributed by atoms with Crippen molar-refractivity contribution in [1.29, 1.82) is 0 Å². The van der Waals surface area contributed by atoms with Gasteiger partial charge in [0, 0.05) is 35.5 Å². The fraction of sp³-hybridized carbons (Fsp3) is 0.182. The van der Waals surface area contributed by atoms with Crippen molar-refractivity contribution in [2.24, 2.45) is 5.10 Å². The molecule has 0 N–H and O–H groups in total. The molecule has 3 aromatic rings.